The van der Waals surface area contributed by atoms with Crippen LogP contribution in [-0.2, 0) is 121 Å². The van der Waals surface area contributed by atoms with Gasteiger partial charge in [0.1, 0.15) is 47.7 Å². The van der Waals surface area contributed by atoms with Crippen molar-refractivity contribution in [3.63, 3.8) is 0 Å². The molecule has 0 aliphatic rings. The molecule has 103 heavy (non-hydrogen) atoms. The Morgan fingerprint density at radius 2 is 0.612 bits per heavy atom. The Hall–Kier alpha value is 0.605. The standard InChI is InChI=1S/C24H34O5.C14H21BrO4.C12H18O4.2C10H14O.C2H4Br2.2CH2O3.CH4.4K.2H/c1-6-18(2)20-7-9-23(10-8-20)28-11-12-29-24-21(16-26-4)13-19(15-25-3)14-22(24)17-27-5;1-16-8-11-6-12(9-17-2)14(19-5-4-15)13(7-11)10-18-3;1-14-6-9-4-10(7-15-2)12(13)11(5-9)8-16-3;2*1-3-8(2)9-4-6-10(11)7-5-9;3-1-2-4;2*2-1-4-3;;;;;;;/h7-10,13-14,18H,6,11-12,15-17H2,1-5H3;6-7H,4-5,8-10H2,1-3H3;4-5,13H,6-8H2,1-3H3;2*4-8,11H,3H2,1-2H3;1-2H2;2*1,3H;1H4;;;;;;/q;;;;;;;;;4*+1;2*-1/p-2. The Morgan fingerprint density at radius 3 is 0.845 bits per heavy atom. The van der Waals surface area contributed by atoms with Gasteiger partial charge in [0.15, 0.2) is 0 Å². The number of phenolic OH excluding ortho intramolecular Hbond substituents is 3. The molecule has 564 valence electrons. The molecule has 6 aromatic rings. The molecule has 21 nitrogen and oxygen atoms in total. The van der Waals surface area contributed by atoms with Gasteiger partial charge in [-0.15, -0.1) is 0 Å². The number of ether oxygens (including phenoxy) is 12. The van der Waals surface area contributed by atoms with Crippen molar-refractivity contribution < 1.29 is 310 Å². The minimum Gasteiger partial charge on any atom is -1.00 e. The number of benzene rings is 6. The first-order chi connectivity index (χ1) is 47.3. The fraction of sp³-hybridized carbons (Fsp3) is 0.493. The Morgan fingerprint density at radius 1 is 0.379 bits per heavy atom. The molecule has 3 N–H and O–H groups in total. The molecule has 0 aliphatic heterocycles. The molecule has 0 bridgehead atoms. The molecule has 3 atom stereocenters. The monoisotopic (exact) mass is 1740 g/mol. The zero-order chi connectivity index (χ0) is 73.9. The minimum absolute atomic E-state index is 0. The van der Waals surface area contributed by atoms with Crippen LogP contribution in [0.1, 0.15) is 156 Å². The van der Waals surface area contributed by atoms with E-state index < -0.39 is 0 Å². The van der Waals surface area contributed by atoms with Crippen LogP contribution in [0.3, 0.4) is 0 Å². The number of aromatic hydroxyl groups is 3. The molecule has 0 aliphatic carbocycles. The largest absolute Gasteiger partial charge is 1.00 e. The Labute approximate surface area is 813 Å². The van der Waals surface area contributed by atoms with Crippen LogP contribution in [0.5, 0.6) is 34.5 Å². The first-order valence-electron chi connectivity index (χ1n) is 31.6. The van der Waals surface area contributed by atoms with Crippen molar-refractivity contribution in [2.75, 3.05) is 99.8 Å². The summed E-state index contributed by atoms with van der Waals surface area (Å²) in [4.78, 5) is 22.5. The number of carbonyl (C=O) groups is 2. The summed E-state index contributed by atoms with van der Waals surface area (Å²) in [6.45, 7) is 18.6. The molecule has 0 heterocycles. The number of hydrogen-bond donors (Lipinski definition) is 3. The number of rotatable bonds is 35. The van der Waals surface area contributed by atoms with E-state index in [2.05, 4.69) is 136 Å². The van der Waals surface area contributed by atoms with E-state index in [1.165, 1.54) is 16.7 Å². The zero-order valence-corrected chi connectivity index (χ0v) is 81.1. The number of alkyl halides is 3. The van der Waals surface area contributed by atoms with Crippen molar-refractivity contribution in [1.29, 1.82) is 0 Å². The van der Waals surface area contributed by atoms with Gasteiger partial charge in [-0.1, -0.05) is 133 Å². The summed E-state index contributed by atoms with van der Waals surface area (Å²) in [5.74, 6) is 5.17. The first kappa shape index (κ1) is 117. The molecule has 0 radical (unpaired) electrons. The predicted octanol–water partition coefficient (Wildman–Crippen LogP) is 3.16. The predicted molar refractivity (Wildman–Crippen MR) is 397 cm³/mol. The van der Waals surface area contributed by atoms with Crippen molar-refractivity contribution in [2.24, 2.45) is 0 Å². The zero-order valence-electron chi connectivity index (χ0n) is 65.8. The van der Waals surface area contributed by atoms with E-state index in [9.17, 15) is 5.11 Å². The Balaban J connectivity index is -0.000000153. The maximum absolute atomic E-state index is 9.94. The summed E-state index contributed by atoms with van der Waals surface area (Å²) in [7, 11) is 14.9. The quantitative estimate of drug-likeness (QED) is 0.0129. The van der Waals surface area contributed by atoms with Gasteiger partial charge >= 0.3 is 206 Å². The van der Waals surface area contributed by atoms with Crippen LogP contribution in [0.25, 0.3) is 0 Å². The third-order valence-electron chi connectivity index (χ3n) is 13.9. The second-order valence-electron chi connectivity index (χ2n) is 21.3. The van der Waals surface area contributed by atoms with Crippen LogP contribution in [0.2, 0.25) is 0 Å². The fourth-order valence-electron chi connectivity index (χ4n) is 8.84. The van der Waals surface area contributed by atoms with E-state index in [1.54, 1.807) is 88.3 Å². The second-order valence-corrected chi connectivity index (χ2v) is 23.7. The molecule has 0 saturated carbocycles. The van der Waals surface area contributed by atoms with E-state index >= 15 is 0 Å². The van der Waals surface area contributed by atoms with Gasteiger partial charge in [0.25, 0.3) is 12.9 Å². The minimum atomic E-state index is -0.181. The smallest absolute Gasteiger partial charge is 1.00 e. The van der Waals surface area contributed by atoms with Gasteiger partial charge in [-0.2, -0.15) is 0 Å². The molecule has 0 spiro atoms. The fourth-order valence-corrected chi connectivity index (χ4v) is 9.00. The van der Waals surface area contributed by atoms with Crippen molar-refractivity contribution in [1.82, 2.24) is 0 Å². The van der Waals surface area contributed by atoms with Gasteiger partial charge in [-0.05, 0) is 143 Å². The second kappa shape index (κ2) is 79.3. The van der Waals surface area contributed by atoms with Crippen molar-refractivity contribution in [3.05, 3.63) is 176 Å². The molecule has 0 saturated heterocycles. The number of carbonyl (C=O) groups excluding carboxylic acids is 2. The number of halogens is 3. The maximum atomic E-state index is 9.94. The van der Waals surface area contributed by atoms with E-state index in [0.29, 0.717) is 109 Å². The third-order valence-corrected chi connectivity index (χ3v) is 16.1. The summed E-state index contributed by atoms with van der Waals surface area (Å²) < 4.78 is 64.5. The van der Waals surface area contributed by atoms with Gasteiger partial charge in [-0.3, -0.25) is 9.59 Å². The van der Waals surface area contributed by atoms with Crippen molar-refractivity contribution in [2.45, 2.75) is 145 Å². The Bertz CT molecular complexity index is 2800. The van der Waals surface area contributed by atoms with Crippen LogP contribution in [-0.4, -0.2) is 128 Å². The normalized spacial score (nSPS) is 10.5. The van der Waals surface area contributed by atoms with Gasteiger partial charge < -0.3 is 95.3 Å². The van der Waals surface area contributed by atoms with Gasteiger partial charge in [0.2, 0.25) is 0 Å². The van der Waals surface area contributed by atoms with Gasteiger partial charge in [0, 0.05) is 113 Å². The molecule has 28 heteroatoms. The van der Waals surface area contributed by atoms with Crippen LogP contribution in [0.4, 0.5) is 0 Å². The number of methoxy groups -OCH3 is 9. The molecule has 0 fully saturated rings. The van der Waals surface area contributed by atoms with E-state index in [0.717, 1.165) is 103 Å². The van der Waals surface area contributed by atoms with E-state index in [-0.39, 0.29) is 235 Å². The van der Waals surface area contributed by atoms with E-state index in [1.807, 2.05) is 48.5 Å². The summed E-state index contributed by atoms with van der Waals surface area (Å²) in [5.41, 5.74) is 12.6. The topological polar surface area (TPSA) is 270 Å². The summed E-state index contributed by atoms with van der Waals surface area (Å²) in [6, 6.07) is 35.1. The first-order valence-corrected chi connectivity index (χ1v) is 34.9. The number of hydrogen-bond acceptors (Lipinski definition) is 21. The molecule has 6 aromatic carbocycles. The molecular formula is C75H113Br3K4O21. The summed E-state index contributed by atoms with van der Waals surface area (Å²) in [6.07, 6.45) is 3.42. The van der Waals surface area contributed by atoms with Gasteiger partial charge in [0.05, 0.1) is 66.1 Å². The van der Waals surface area contributed by atoms with Crippen LogP contribution >= 0.6 is 47.8 Å². The summed E-state index contributed by atoms with van der Waals surface area (Å²) in [5, 5.41) is 47.7. The van der Waals surface area contributed by atoms with Crippen LogP contribution in [0, 0.1) is 0 Å². The van der Waals surface area contributed by atoms with Crippen LogP contribution < -0.4 is 230 Å². The van der Waals surface area contributed by atoms with Crippen molar-refractivity contribution in [3.8, 4) is 34.5 Å². The number of phenols is 3. The van der Waals surface area contributed by atoms with Crippen LogP contribution in [0.15, 0.2) is 109 Å². The maximum Gasteiger partial charge on any atom is 1.00 e. The molecule has 6 rings (SSSR count). The average molecular weight is 1750 g/mol. The van der Waals surface area contributed by atoms with Crippen molar-refractivity contribution >= 4 is 60.7 Å². The summed E-state index contributed by atoms with van der Waals surface area (Å²) >= 11 is 9.77. The molecule has 3 unspecified atom stereocenters. The SMILES string of the molecule is BrCCBr.C.CCC(C)c1ccc(O)cc1.CCC(C)c1ccc(O)cc1.CCC(C)c1ccc(OCCOc2c(COC)cc(COC)cc2COC)cc1.COCc1cc(COC)c(O)c(COC)c1.COCc1cc(COC)c(OCCBr)c(COC)c1.O=CO[O-].O=CO[O-].[H-].[H-].[K+].[K+].[K+].[K+]. The average Bonchev–Trinajstić information content (AvgIpc) is 0.838. The third kappa shape index (κ3) is 54.8. The molecule has 0 aromatic heterocycles. The van der Waals surface area contributed by atoms with E-state index in [4.69, 9.17) is 87.2 Å². The van der Waals surface area contributed by atoms with Gasteiger partial charge in [-0.25, -0.2) is 0 Å². The molecule has 0 amide bonds. The molecular weight excluding hydrogens is 1630 g/mol. The Kier molecular flexibility index (Phi) is 89.9.